The Morgan fingerprint density at radius 2 is 1.60 bits per heavy atom. The molecule has 2 aliphatic rings. The first-order valence-corrected chi connectivity index (χ1v) is 8.12. The van der Waals surface area contributed by atoms with Gasteiger partial charge in [0.15, 0.2) is 5.78 Å². The SMILES string of the molecule is O=C(CCCN(CC1CC1)CC1CC1)c1ccccc1. The summed E-state index contributed by atoms with van der Waals surface area (Å²) in [4.78, 5) is 14.7. The van der Waals surface area contributed by atoms with Crippen LogP contribution in [-0.2, 0) is 0 Å². The minimum atomic E-state index is 0.295. The van der Waals surface area contributed by atoms with Gasteiger partial charge in [-0.05, 0) is 50.5 Å². The third-order valence-corrected chi connectivity index (χ3v) is 4.40. The van der Waals surface area contributed by atoms with E-state index >= 15 is 0 Å². The topological polar surface area (TPSA) is 20.3 Å². The highest BCUT2D eigenvalue weighted by atomic mass is 16.1. The normalized spacial score (nSPS) is 18.4. The van der Waals surface area contributed by atoms with E-state index in [1.807, 2.05) is 30.3 Å². The average molecular weight is 271 g/mol. The first-order chi connectivity index (χ1) is 9.81. The number of carbonyl (C=O) groups is 1. The van der Waals surface area contributed by atoms with Crippen LogP contribution in [0.3, 0.4) is 0 Å². The first kappa shape index (κ1) is 13.8. The lowest BCUT2D eigenvalue weighted by Gasteiger charge is -2.21. The minimum absolute atomic E-state index is 0.295. The molecule has 0 amide bonds. The van der Waals surface area contributed by atoms with E-state index in [9.17, 15) is 4.79 Å². The monoisotopic (exact) mass is 271 g/mol. The van der Waals surface area contributed by atoms with Gasteiger partial charge in [0, 0.05) is 25.1 Å². The van der Waals surface area contributed by atoms with Crippen LogP contribution >= 0.6 is 0 Å². The van der Waals surface area contributed by atoms with E-state index in [1.54, 1.807) is 0 Å². The maximum atomic E-state index is 12.1. The van der Waals surface area contributed by atoms with E-state index in [-0.39, 0.29) is 0 Å². The molecule has 0 N–H and O–H groups in total. The molecule has 0 bridgehead atoms. The standard InChI is InChI=1S/C18H25NO/c20-18(17-5-2-1-3-6-17)7-4-12-19(13-15-8-9-15)14-16-10-11-16/h1-3,5-6,15-16H,4,7-14H2. The van der Waals surface area contributed by atoms with E-state index in [0.29, 0.717) is 12.2 Å². The highest BCUT2D eigenvalue weighted by Crippen LogP contribution is 2.33. The average Bonchev–Trinajstić information content (AvgIpc) is 3.36. The maximum absolute atomic E-state index is 12.1. The molecular formula is C18H25NO. The molecule has 20 heavy (non-hydrogen) atoms. The van der Waals surface area contributed by atoms with Crippen molar-refractivity contribution in [1.82, 2.24) is 4.90 Å². The number of benzene rings is 1. The van der Waals surface area contributed by atoms with Crippen molar-refractivity contribution in [3.63, 3.8) is 0 Å². The largest absolute Gasteiger partial charge is 0.303 e. The lowest BCUT2D eigenvalue weighted by molar-refractivity contribution is 0.0974. The number of Topliss-reactive ketones (excluding diaryl/α,β-unsaturated/α-hetero) is 1. The molecule has 0 heterocycles. The van der Waals surface area contributed by atoms with Crippen molar-refractivity contribution < 1.29 is 4.79 Å². The molecule has 2 aliphatic carbocycles. The van der Waals surface area contributed by atoms with Crippen molar-refractivity contribution in [2.24, 2.45) is 11.8 Å². The zero-order chi connectivity index (χ0) is 13.8. The summed E-state index contributed by atoms with van der Waals surface area (Å²) >= 11 is 0. The van der Waals surface area contributed by atoms with Crippen LogP contribution in [0.25, 0.3) is 0 Å². The van der Waals surface area contributed by atoms with Crippen LogP contribution in [0.4, 0.5) is 0 Å². The molecule has 2 nitrogen and oxygen atoms in total. The Labute approximate surface area is 122 Å². The van der Waals surface area contributed by atoms with Crippen LogP contribution in [0.1, 0.15) is 48.9 Å². The third-order valence-electron chi connectivity index (χ3n) is 4.40. The first-order valence-electron chi connectivity index (χ1n) is 8.12. The predicted molar refractivity (Wildman–Crippen MR) is 81.9 cm³/mol. The molecule has 0 atom stereocenters. The zero-order valence-corrected chi connectivity index (χ0v) is 12.3. The van der Waals surface area contributed by atoms with Gasteiger partial charge in [-0.15, -0.1) is 0 Å². The molecule has 2 fully saturated rings. The lowest BCUT2D eigenvalue weighted by atomic mass is 10.1. The number of rotatable bonds is 9. The summed E-state index contributed by atoms with van der Waals surface area (Å²) in [6.07, 6.45) is 7.38. The van der Waals surface area contributed by atoms with Gasteiger partial charge < -0.3 is 4.90 Å². The smallest absolute Gasteiger partial charge is 0.162 e. The third kappa shape index (κ3) is 4.45. The Hall–Kier alpha value is -1.15. The summed E-state index contributed by atoms with van der Waals surface area (Å²) in [6.45, 7) is 3.65. The Morgan fingerprint density at radius 3 is 2.15 bits per heavy atom. The van der Waals surface area contributed by atoms with Crippen LogP contribution in [0.2, 0.25) is 0 Å². The Balaban J connectivity index is 1.41. The minimum Gasteiger partial charge on any atom is -0.303 e. The quantitative estimate of drug-likeness (QED) is 0.637. The summed E-state index contributed by atoms with van der Waals surface area (Å²) in [5.74, 6) is 2.21. The second-order valence-corrected chi connectivity index (χ2v) is 6.54. The van der Waals surface area contributed by atoms with E-state index in [2.05, 4.69) is 4.90 Å². The highest BCUT2D eigenvalue weighted by molar-refractivity contribution is 5.95. The Kier molecular flexibility index (Phi) is 4.51. The number of carbonyl (C=O) groups excluding carboxylic acids is 1. The molecular weight excluding hydrogens is 246 g/mol. The Bertz CT molecular complexity index is 420. The highest BCUT2D eigenvalue weighted by Gasteiger charge is 2.28. The summed E-state index contributed by atoms with van der Waals surface area (Å²) in [5.41, 5.74) is 0.864. The van der Waals surface area contributed by atoms with Crippen LogP contribution in [0.5, 0.6) is 0 Å². The summed E-state index contributed by atoms with van der Waals surface area (Å²) in [5, 5.41) is 0. The Morgan fingerprint density at radius 1 is 1.00 bits per heavy atom. The second kappa shape index (κ2) is 6.53. The van der Waals surface area contributed by atoms with Gasteiger partial charge in [0.2, 0.25) is 0 Å². The molecule has 0 unspecified atom stereocenters. The molecule has 3 rings (SSSR count). The van der Waals surface area contributed by atoms with Gasteiger partial charge in [-0.25, -0.2) is 0 Å². The fourth-order valence-electron chi connectivity index (χ4n) is 2.82. The number of ketones is 1. The van der Waals surface area contributed by atoms with Crippen LogP contribution in [0, 0.1) is 11.8 Å². The van der Waals surface area contributed by atoms with Crippen molar-refractivity contribution in [2.75, 3.05) is 19.6 Å². The molecule has 2 saturated carbocycles. The van der Waals surface area contributed by atoms with Gasteiger partial charge in [0.1, 0.15) is 0 Å². The van der Waals surface area contributed by atoms with Crippen molar-refractivity contribution in [2.45, 2.75) is 38.5 Å². The number of hydrogen-bond donors (Lipinski definition) is 0. The van der Waals surface area contributed by atoms with E-state index < -0.39 is 0 Å². The van der Waals surface area contributed by atoms with E-state index in [1.165, 1.54) is 38.8 Å². The number of hydrogen-bond acceptors (Lipinski definition) is 2. The lowest BCUT2D eigenvalue weighted by Crippen LogP contribution is -2.29. The van der Waals surface area contributed by atoms with Crippen LogP contribution < -0.4 is 0 Å². The van der Waals surface area contributed by atoms with Crippen molar-refractivity contribution in [3.8, 4) is 0 Å². The van der Waals surface area contributed by atoms with Gasteiger partial charge >= 0.3 is 0 Å². The van der Waals surface area contributed by atoms with Gasteiger partial charge in [0.05, 0.1) is 0 Å². The van der Waals surface area contributed by atoms with Crippen LogP contribution in [0.15, 0.2) is 30.3 Å². The zero-order valence-electron chi connectivity index (χ0n) is 12.3. The predicted octanol–water partition coefficient (Wildman–Crippen LogP) is 3.77. The van der Waals surface area contributed by atoms with Gasteiger partial charge in [-0.2, -0.15) is 0 Å². The van der Waals surface area contributed by atoms with E-state index in [0.717, 1.165) is 30.4 Å². The van der Waals surface area contributed by atoms with Crippen molar-refractivity contribution in [3.05, 3.63) is 35.9 Å². The fraction of sp³-hybridized carbons (Fsp3) is 0.611. The van der Waals surface area contributed by atoms with Crippen molar-refractivity contribution in [1.29, 1.82) is 0 Å². The summed E-state index contributed by atoms with van der Waals surface area (Å²) in [6, 6.07) is 9.70. The molecule has 0 spiro atoms. The summed E-state index contributed by atoms with van der Waals surface area (Å²) in [7, 11) is 0. The molecule has 2 heteroatoms. The number of nitrogens with zero attached hydrogens (tertiary/aromatic N) is 1. The molecule has 1 aromatic carbocycles. The molecule has 1 aromatic rings. The molecule has 108 valence electrons. The maximum Gasteiger partial charge on any atom is 0.162 e. The van der Waals surface area contributed by atoms with E-state index in [4.69, 9.17) is 0 Å². The summed E-state index contributed by atoms with van der Waals surface area (Å²) < 4.78 is 0. The molecule has 0 radical (unpaired) electrons. The molecule has 0 aliphatic heterocycles. The van der Waals surface area contributed by atoms with Gasteiger partial charge in [-0.1, -0.05) is 30.3 Å². The van der Waals surface area contributed by atoms with Gasteiger partial charge in [0.25, 0.3) is 0 Å². The molecule has 0 saturated heterocycles. The second-order valence-electron chi connectivity index (χ2n) is 6.54. The van der Waals surface area contributed by atoms with Crippen molar-refractivity contribution >= 4 is 5.78 Å². The van der Waals surface area contributed by atoms with Gasteiger partial charge in [-0.3, -0.25) is 4.79 Å². The molecule has 0 aromatic heterocycles. The fourth-order valence-corrected chi connectivity index (χ4v) is 2.82. The van der Waals surface area contributed by atoms with Crippen LogP contribution in [-0.4, -0.2) is 30.3 Å².